The average molecular weight is 624 g/mol. The van der Waals surface area contributed by atoms with Crippen LogP contribution in [-0.2, 0) is 20.9 Å². The molecule has 0 aliphatic heterocycles. The Morgan fingerprint density at radius 1 is 1.18 bits per heavy atom. The van der Waals surface area contributed by atoms with Crippen LogP contribution in [0, 0.1) is 46.1 Å². The van der Waals surface area contributed by atoms with Gasteiger partial charge < -0.3 is 30.5 Å². The Morgan fingerprint density at radius 3 is 2.67 bits per heavy atom. The minimum absolute atomic E-state index is 0.0610. The van der Waals surface area contributed by atoms with Gasteiger partial charge in [0.15, 0.2) is 29.4 Å². The SMILES string of the molecule is C[C@]12C=CC(=O)C=C1CC[C@@H]1C2[C@@H](O)C[C@@]2(C)C1C[C@@H](O[C@H](O)c1c(F)ccc(OCc3ccccc3N)c1F)[C@@H]2C(=O)CO. The number of carbonyl (C=O) groups is 2. The van der Waals surface area contributed by atoms with Crippen molar-refractivity contribution in [2.24, 2.45) is 34.5 Å². The van der Waals surface area contributed by atoms with Gasteiger partial charge in [-0.2, -0.15) is 0 Å². The molecule has 10 heteroatoms. The zero-order chi connectivity index (χ0) is 32.3. The predicted octanol–water partition coefficient (Wildman–Crippen LogP) is 4.57. The van der Waals surface area contributed by atoms with Gasteiger partial charge in [-0.25, -0.2) is 8.78 Å². The Kier molecular flexibility index (Phi) is 8.22. The summed E-state index contributed by atoms with van der Waals surface area (Å²) in [6.45, 7) is 3.05. The Bertz CT molecular complexity index is 1570. The molecular formula is C35H39F2NO7. The molecule has 8 nitrogen and oxygen atoms in total. The van der Waals surface area contributed by atoms with Gasteiger partial charge in [0.25, 0.3) is 0 Å². The molecule has 6 rings (SSSR count). The first-order chi connectivity index (χ1) is 21.4. The van der Waals surface area contributed by atoms with Crippen LogP contribution in [0.25, 0.3) is 0 Å². The fourth-order valence-corrected chi connectivity index (χ4v) is 9.07. The smallest absolute Gasteiger partial charge is 0.187 e. The maximum atomic E-state index is 15.6. The minimum atomic E-state index is -2.08. The molecule has 4 aliphatic carbocycles. The maximum absolute atomic E-state index is 15.6. The van der Waals surface area contributed by atoms with Crippen molar-refractivity contribution in [1.82, 2.24) is 0 Å². The molecule has 2 aromatic rings. The molecule has 0 spiro atoms. The van der Waals surface area contributed by atoms with Crippen LogP contribution in [0.1, 0.15) is 56.9 Å². The molecule has 2 unspecified atom stereocenters. The summed E-state index contributed by atoms with van der Waals surface area (Å²) < 4.78 is 42.2. The van der Waals surface area contributed by atoms with Crippen molar-refractivity contribution in [2.75, 3.05) is 12.3 Å². The first-order valence-corrected chi connectivity index (χ1v) is 15.4. The molecule has 0 amide bonds. The molecule has 2 aromatic carbocycles. The number of benzene rings is 2. The Hall–Kier alpha value is -3.44. The van der Waals surface area contributed by atoms with E-state index in [1.54, 1.807) is 30.3 Å². The lowest BCUT2D eigenvalue weighted by Crippen LogP contribution is -2.56. The van der Waals surface area contributed by atoms with Crippen molar-refractivity contribution < 1.29 is 43.2 Å². The molecule has 4 aliphatic rings. The number of ether oxygens (including phenoxy) is 2. The number of hydrogen-bond donors (Lipinski definition) is 4. The number of Topliss-reactive ketones (excluding diaryl/α,β-unsaturated/α-hetero) is 1. The number of aliphatic hydroxyl groups excluding tert-OH is 3. The Balaban J connectivity index is 1.28. The standard InChI is InChI=1S/C35H39F2NO7/c1-34-12-11-20(40)13-19(34)7-8-21-22-14-28(31(26(42)16-39)35(22,2)15-25(41)30(21)34)45-33(43)29-23(36)9-10-27(32(29)37)44-17-18-5-3-4-6-24(18)38/h3-6,9-13,21-22,25,28,30-31,33,39,41,43H,7-8,14-17,38H2,1-2H3/t21-,22?,25-,28+,30?,31-,33-,34-,35-/m0/s1. The third-order valence-corrected chi connectivity index (χ3v) is 11.1. The summed E-state index contributed by atoms with van der Waals surface area (Å²) in [4.78, 5) is 25.4. The molecule has 5 N–H and O–H groups in total. The number of anilines is 1. The highest BCUT2D eigenvalue weighted by Crippen LogP contribution is 2.66. The quantitative estimate of drug-likeness (QED) is 0.248. The summed E-state index contributed by atoms with van der Waals surface area (Å²) >= 11 is 0. The van der Waals surface area contributed by atoms with E-state index in [1.807, 2.05) is 19.9 Å². The van der Waals surface area contributed by atoms with Crippen LogP contribution in [0.4, 0.5) is 14.5 Å². The summed E-state index contributed by atoms with van der Waals surface area (Å²) in [6, 6.07) is 8.96. The summed E-state index contributed by atoms with van der Waals surface area (Å²) in [5, 5.41) is 32.7. The van der Waals surface area contributed by atoms with E-state index in [0.29, 0.717) is 24.1 Å². The molecule has 45 heavy (non-hydrogen) atoms. The second kappa shape index (κ2) is 11.7. The van der Waals surface area contributed by atoms with Gasteiger partial charge in [0.05, 0.1) is 23.7 Å². The molecule has 0 bridgehead atoms. The normalized spacial score (nSPS) is 34.4. The fraction of sp³-hybridized carbons (Fsp3) is 0.486. The van der Waals surface area contributed by atoms with Crippen LogP contribution in [0.5, 0.6) is 5.75 Å². The zero-order valence-electron chi connectivity index (χ0n) is 25.3. The highest BCUT2D eigenvalue weighted by atomic mass is 19.1. The zero-order valence-corrected chi connectivity index (χ0v) is 25.3. The van der Waals surface area contributed by atoms with Gasteiger partial charge in [-0.3, -0.25) is 9.59 Å². The molecule has 240 valence electrons. The molecule has 0 heterocycles. The van der Waals surface area contributed by atoms with E-state index >= 15 is 8.78 Å². The van der Waals surface area contributed by atoms with Gasteiger partial charge in [-0.05, 0) is 73.3 Å². The van der Waals surface area contributed by atoms with E-state index in [1.165, 1.54) is 6.08 Å². The van der Waals surface area contributed by atoms with Gasteiger partial charge in [0.1, 0.15) is 19.0 Å². The van der Waals surface area contributed by atoms with E-state index in [4.69, 9.17) is 15.2 Å². The molecule has 0 radical (unpaired) electrons. The summed E-state index contributed by atoms with van der Waals surface area (Å²) in [5.41, 5.74) is 5.87. The number of para-hydroxylation sites is 1. The molecule has 3 saturated carbocycles. The number of nitrogen functional groups attached to an aromatic ring is 1. The summed E-state index contributed by atoms with van der Waals surface area (Å²) in [6.07, 6.45) is 3.02. The van der Waals surface area contributed by atoms with Crippen LogP contribution in [0.2, 0.25) is 0 Å². The second-order valence-corrected chi connectivity index (χ2v) is 13.4. The van der Waals surface area contributed by atoms with Crippen molar-refractivity contribution in [3.8, 4) is 5.75 Å². The van der Waals surface area contributed by atoms with Crippen molar-refractivity contribution in [3.63, 3.8) is 0 Å². The van der Waals surface area contributed by atoms with Gasteiger partial charge in [-0.15, -0.1) is 0 Å². The lowest BCUT2D eigenvalue weighted by Gasteiger charge is -2.58. The number of ketones is 2. The van der Waals surface area contributed by atoms with Crippen molar-refractivity contribution in [1.29, 1.82) is 0 Å². The van der Waals surface area contributed by atoms with Crippen LogP contribution < -0.4 is 10.5 Å². The number of allylic oxidation sites excluding steroid dienone is 4. The number of fused-ring (bicyclic) bond motifs is 5. The van der Waals surface area contributed by atoms with Crippen molar-refractivity contribution in [3.05, 3.63) is 83.0 Å². The molecule has 9 atom stereocenters. The summed E-state index contributed by atoms with van der Waals surface area (Å²) in [7, 11) is 0. The third kappa shape index (κ3) is 5.21. The van der Waals surface area contributed by atoms with E-state index < -0.39 is 64.8 Å². The van der Waals surface area contributed by atoms with Crippen LogP contribution >= 0.6 is 0 Å². The fourth-order valence-electron chi connectivity index (χ4n) is 9.07. The largest absolute Gasteiger partial charge is 0.486 e. The highest BCUT2D eigenvalue weighted by Gasteiger charge is 2.65. The number of rotatable bonds is 8. The van der Waals surface area contributed by atoms with Crippen LogP contribution in [0.15, 0.2) is 60.2 Å². The van der Waals surface area contributed by atoms with Gasteiger partial charge in [0, 0.05) is 22.6 Å². The molecule has 0 saturated heterocycles. The number of carbonyl (C=O) groups excluding carboxylic acids is 2. The Morgan fingerprint density at radius 2 is 1.93 bits per heavy atom. The minimum Gasteiger partial charge on any atom is -0.486 e. The Labute approximate surface area is 260 Å². The predicted molar refractivity (Wildman–Crippen MR) is 160 cm³/mol. The van der Waals surface area contributed by atoms with Crippen LogP contribution in [0.3, 0.4) is 0 Å². The van der Waals surface area contributed by atoms with E-state index in [9.17, 15) is 24.9 Å². The van der Waals surface area contributed by atoms with Crippen molar-refractivity contribution in [2.45, 2.75) is 64.6 Å². The topological polar surface area (TPSA) is 139 Å². The van der Waals surface area contributed by atoms with Gasteiger partial charge in [0.2, 0.25) is 0 Å². The van der Waals surface area contributed by atoms with E-state index in [2.05, 4.69) is 0 Å². The highest BCUT2D eigenvalue weighted by molar-refractivity contribution is 6.01. The molecule has 3 fully saturated rings. The number of hydrogen-bond acceptors (Lipinski definition) is 8. The lowest BCUT2D eigenvalue weighted by atomic mass is 9.46. The first-order valence-electron chi connectivity index (χ1n) is 15.4. The molecule has 0 aromatic heterocycles. The molecular weight excluding hydrogens is 584 g/mol. The van der Waals surface area contributed by atoms with E-state index in [0.717, 1.165) is 17.7 Å². The van der Waals surface area contributed by atoms with Crippen molar-refractivity contribution >= 4 is 17.3 Å². The first kappa shape index (κ1) is 31.5. The number of halogens is 2. The third-order valence-electron chi connectivity index (χ3n) is 11.1. The lowest BCUT2D eigenvalue weighted by molar-refractivity contribution is -0.169. The van der Waals surface area contributed by atoms with Gasteiger partial charge in [-0.1, -0.05) is 43.7 Å². The number of aliphatic hydroxyl groups is 3. The van der Waals surface area contributed by atoms with Crippen LogP contribution in [-0.4, -0.2) is 45.7 Å². The monoisotopic (exact) mass is 623 g/mol. The maximum Gasteiger partial charge on any atom is 0.187 e. The van der Waals surface area contributed by atoms with Gasteiger partial charge >= 0.3 is 0 Å². The average Bonchev–Trinajstić information content (AvgIpc) is 3.28. The summed E-state index contributed by atoms with van der Waals surface area (Å²) in [5.74, 6) is -4.48. The number of nitrogens with two attached hydrogens (primary N) is 1. The second-order valence-electron chi connectivity index (χ2n) is 13.4. The van der Waals surface area contributed by atoms with E-state index in [-0.39, 0.29) is 48.7 Å².